The average Bonchev–Trinajstić information content (AvgIpc) is 2.89. The average molecular weight is 269 g/mol. The molecule has 5 nitrogen and oxygen atoms in total. The van der Waals surface area contributed by atoms with Crippen molar-refractivity contribution in [3.05, 3.63) is 11.6 Å². The molecule has 0 bridgehead atoms. The Hall–Kier alpha value is -0.460. The molecule has 0 aromatic rings. The summed E-state index contributed by atoms with van der Waals surface area (Å²) in [7, 11) is 3.83. The highest BCUT2D eigenvalue weighted by atomic mass is 16.5. The van der Waals surface area contributed by atoms with E-state index in [0.29, 0.717) is 19.2 Å². The topological polar surface area (TPSA) is 48.0 Å². The molecular weight excluding hydrogens is 242 g/mol. The second kappa shape index (κ2) is 7.36. The van der Waals surface area contributed by atoms with Crippen LogP contribution in [0.3, 0.4) is 0 Å². The number of ether oxygens (including phenoxy) is 1. The van der Waals surface area contributed by atoms with Crippen molar-refractivity contribution < 1.29 is 9.84 Å². The maximum atomic E-state index is 10.3. The van der Waals surface area contributed by atoms with Crippen molar-refractivity contribution in [3.63, 3.8) is 0 Å². The number of likely N-dealkylation sites (N-methyl/N-ethyl adjacent to an activating group) is 1. The SMILES string of the molecule is COCCNC(O)N1CCC[C@H]1C1=CCN(C)CC1. The van der Waals surface area contributed by atoms with Gasteiger partial charge in [-0.05, 0) is 26.3 Å². The molecule has 2 N–H and O–H groups in total. The molecule has 2 aliphatic rings. The Labute approximate surface area is 116 Å². The summed E-state index contributed by atoms with van der Waals surface area (Å²) in [6, 6.07) is 0.416. The number of hydrogen-bond acceptors (Lipinski definition) is 5. The largest absolute Gasteiger partial charge is 0.383 e. The van der Waals surface area contributed by atoms with Crippen LogP contribution >= 0.6 is 0 Å². The molecule has 1 unspecified atom stereocenters. The zero-order valence-corrected chi connectivity index (χ0v) is 12.1. The van der Waals surface area contributed by atoms with Gasteiger partial charge < -0.3 is 14.7 Å². The molecule has 2 atom stereocenters. The fourth-order valence-electron chi connectivity index (χ4n) is 2.98. The molecular formula is C14H27N3O2. The van der Waals surface area contributed by atoms with Gasteiger partial charge in [0.25, 0.3) is 0 Å². The van der Waals surface area contributed by atoms with Gasteiger partial charge in [0.1, 0.15) is 0 Å². The predicted octanol–water partition coefficient (Wildman–Crippen LogP) is 0.225. The molecule has 2 aliphatic heterocycles. The lowest BCUT2D eigenvalue weighted by atomic mass is 9.98. The van der Waals surface area contributed by atoms with Crippen molar-refractivity contribution in [1.29, 1.82) is 0 Å². The Kier molecular flexibility index (Phi) is 5.78. The molecule has 1 fully saturated rings. The van der Waals surface area contributed by atoms with E-state index >= 15 is 0 Å². The fraction of sp³-hybridized carbons (Fsp3) is 0.857. The quantitative estimate of drug-likeness (QED) is 0.410. The molecule has 0 aromatic heterocycles. The van der Waals surface area contributed by atoms with Crippen LogP contribution in [0.15, 0.2) is 11.6 Å². The van der Waals surface area contributed by atoms with Crippen LogP contribution in [0.5, 0.6) is 0 Å². The van der Waals surface area contributed by atoms with Gasteiger partial charge in [-0.15, -0.1) is 0 Å². The first-order valence-electron chi connectivity index (χ1n) is 7.26. The third-order valence-electron chi connectivity index (χ3n) is 4.12. The normalized spacial score (nSPS) is 27.5. The van der Waals surface area contributed by atoms with Crippen LogP contribution in [0.2, 0.25) is 0 Å². The van der Waals surface area contributed by atoms with E-state index in [-0.39, 0.29) is 0 Å². The zero-order valence-electron chi connectivity index (χ0n) is 12.1. The molecule has 0 aromatic carbocycles. The molecule has 2 rings (SSSR count). The van der Waals surface area contributed by atoms with Crippen molar-refractivity contribution in [2.24, 2.45) is 0 Å². The number of nitrogens with one attached hydrogen (secondary N) is 1. The summed E-state index contributed by atoms with van der Waals surface area (Å²) >= 11 is 0. The van der Waals surface area contributed by atoms with Gasteiger partial charge in [0.15, 0.2) is 6.35 Å². The van der Waals surface area contributed by atoms with E-state index in [9.17, 15) is 5.11 Å². The van der Waals surface area contributed by atoms with Gasteiger partial charge in [-0.1, -0.05) is 11.6 Å². The fourth-order valence-corrected chi connectivity index (χ4v) is 2.98. The van der Waals surface area contributed by atoms with E-state index < -0.39 is 6.35 Å². The first-order chi connectivity index (χ1) is 9.22. The Morgan fingerprint density at radius 1 is 1.53 bits per heavy atom. The standard InChI is InChI=1S/C14H27N3O2/c1-16-9-5-12(6-10-16)13-4-3-8-17(13)14(18)15-7-11-19-2/h5,13-15,18H,3-4,6-11H2,1-2H3/t13-,14?/m0/s1. The van der Waals surface area contributed by atoms with E-state index in [1.54, 1.807) is 7.11 Å². The highest BCUT2D eigenvalue weighted by molar-refractivity contribution is 5.16. The minimum atomic E-state index is -0.553. The molecule has 110 valence electrons. The molecule has 19 heavy (non-hydrogen) atoms. The van der Waals surface area contributed by atoms with E-state index in [1.807, 2.05) is 0 Å². The van der Waals surface area contributed by atoms with Crippen LogP contribution < -0.4 is 5.32 Å². The van der Waals surface area contributed by atoms with Crippen LogP contribution in [-0.2, 0) is 4.74 Å². The summed E-state index contributed by atoms with van der Waals surface area (Å²) in [4.78, 5) is 4.52. The predicted molar refractivity (Wildman–Crippen MR) is 75.8 cm³/mol. The molecule has 0 amide bonds. The van der Waals surface area contributed by atoms with Gasteiger partial charge in [0.2, 0.25) is 0 Å². The highest BCUT2D eigenvalue weighted by Crippen LogP contribution is 2.28. The first kappa shape index (κ1) is 14.9. The number of aliphatic hydroxyl groups excluding tert-OH is 1. The number of methoxy groups -OCH3 is 1. The van der Waals surface area contributed by atoms with Crippen molar-refractivity contribution in [2.45, 2.75) is 31.7 Å². The molecule has 0 radical (unpaired) electrons. The second-order valence-corrected chi connectivity index (χ2v) is 5.51. The summed E-state index contributed by atoms with van der Waals surface area (Å²) in [5.74, 6) is 0. The van der Waals surface area contributed by atoms with Crippen LogP contribution in [-0.4, -0.2) is 74.2 Å². The monoisotopic (exact) mass is 269 g/mol. The molecule has 0 aliphatic carbocycles. The van der Waals surface area contributed by atoms with Gasteiger partial charge in [-0.25, -0.2) is 0 Å². The van der Waals surface area contributed by atoms with Crippen LogP contribution in [0.1, 0.15) is 19.3 Å². The highest BCUT2D eigenvalue weighted by Gasteiger charge is 2.32. The molecule has 5 heteroatoms. The number of hydrogen-bond donors (Lipinski definition) is 2. The lowest BCUT2D eigenvalue weighted by Gasteiger charge is -2.34. The number of aliphatic hydroxyl groups is 1. The van der Waals surface area contributed by atoms with E-state index in [4.69, 9.17) is 4.74 Å². The van der Waals surface area contributed by atoms with E-state index in [0.717, 1.165) is 26.1 Å². The third-order valence-corrected chi connectivity index (χ3v) is 4.12. The number of rotatable bonds is 6. The summed E-state index contributed by atoms with van der Waals surface area (Å²) in [6.07, 6.45) is 5.25. The lowest BCUT2D eigenvalue weighted by Crippen LogP contribution is -2.49. The summed E-state index contributed by atoms with van der Waals surface area (Å²) < 4.78 is 5.00. The Morgan fingerprint density at radius 3 is 3.05 bits per heavy atom. The third kappa shape index (κ3) is 4.00. The first-order valence-corrected chi connectivity index (χ1v) is 7.26. The smallest absolute Gasteiger partial charge is 0.163 e. The van der Waals surface area contributed by atoms with Gasteiger partial charge in [-0.3, -0.25) is 10.2 Å². The zero-order chi connectivity index (χ0) is 13.7. The van der Waals surface area contributed by atoms with Gasteiger partial charge >= 0.3 is 0 Å². The summed E-state index contributed by atoms with van der Waals surface area (Å²) in [5, 5.41) is 13.4. The maximum absolute atomic E-state index is 10.3. The molecule has 0 saturated carbocycles. The number of likely N-dealkylation sites (tertiary alicyclic amines) is 1. The molecule has 2 heterocycles. The van der Waals surface area contributed by atoms with Gasteiger partial charge in [0, 0.05) is 39.3 Å². The molecule has 1 saturated heterocycles. The van der Waals surface area contributed by atoms with Crippen molar-refractivity contribution >= 4 is 0 Å². The molecule has 0 spiro atoms. The summed E-state index contributed by atoms with van der Waals surface area (Å²) in [5.41, 5.74) is 1.50. The second-order valence-electron chi connectivity index (χ2n) is 5.51. The summed E-state index contributed by atoms with van der Waals surface area (Å²) in [6.45, 7) is 4.45. The Morgan fingerprint density at radius 2 is 2.37 bits per heavy atom. The van der Waals surface area contributed by atoms with E-state index in [1.165, 1.54) is 18.4 Å². The number of nitrogens with zero attached hydrogens (tertiary/aromatic N) is 2. The van der Waals surface area contributed by atoms with E-state index in [2.05, 4.69) is 28.2 Å². The van der Waals surface area contributed by atoms with Crippen LogP contribution in [0.25, 0.3) is 0 Å². The Balaban J connectivity index is 1.89. The Bertz CT molecular complexity index is 309. The maximum Gasteiger partial charge on any atom is 0.163 e. The van der Waals surface area contributed by atoms with Gasteiger partial charge in [0.05, 0.1) is 6.61 Å². The van der Waals surface area contributed by atoms with Crippen molar-refractivity contribution in [1.82, 2.24) is 15.1 Å². The van der Waals surface area contributed by atoms with Crippen LogP contribution in [0, 0.1) is 0 Å². The van der Waals surface area contributed by atoms with Crippen LogP contribution in [0.4, 0.5) is 0 Å². The lowest BCUT2D eigenvalue weighted by molar-refractivity contribution is -0.0271. The minimum absolute atomic E-state index is 0.416. The van der Waals surface area contributed by atoms with Crippen molar-refractivity contribution in [3.8, 4) is 0 Å². The van der Waals surface area contributed by atoms with Gasteiger partial charge in [-0.2, -0.15) is 0 Å². The minimum Gasteiger partial charge on any atom is -0.383 e. The van der Waals surface area contributed by atoms with Crippen molar-refractivity contribution in [2.75, 3.05) is 46.9 Å².